The SMILES string of the molecule is O=C(Cc1ccc(Cl)cc1)c1c(F)c(F)c(F)c(F)c1F. The van der Waals surface area contributed by atoms with Gasteiger partial charge in [0.2, 0.25) is 5.82 Å². The second-order valence-electron chi connectivity index (χ2n) is 4.17. The van der Waals surface area contributed by atoms with E-state index in [1.54, 1.807) is 0 Å². The molecule has 0 saturated carbocycles. The van der Waals surface area contributed by atoms with Crippen molar-refractivity contribution >= 4 is 17.4 Å². The van der Waals surface area contributed by atoms with Crippen molar-refractivity contribution in [3.8, 4) is 0 Å². The summed E-state index contributed by atoms with van der Waals surface area (Å²) in [5, 5.41) is 0.377. The molecule has 7 heteroatoms. The molecule has 21 heavy (non-hydrogen) atoms. The topological polar surface area (TPSA) is 17.1 Å². The summed E-state index contributed by atoms with van der Waals surface area (Å²) in [5.74, 6) is -12.1. The molecule has 2 rings (SSSR count). The van der Waals surface area contributed by atoms with Crippen molar-refractivity contribution in [3.05, 3.63) is 69.5 Å². The average Bonchev–Trinajstić information content (AvgIpc) is 2.46. The Labute approximate surface area is 121 Å². The maximum atomic E-state index is 13.5. The predicted molar refractivity (Wildman–Crippen MR) is 65.7 cm³/mol. The Balaban J connectivity index is 2.42. The highest BCUT2D eigenvalue weighted by atomic mass is 35.5. The maximum Gasteiger partial charge on any atom is 0.200 e. The van der Waals surface area contributed by atoms with Gasteiger partial charge in [0, 0.05) is 11.4 Å². The molecule has 2 aromatic carbocycles. The first-order valence-electron chi connectivity index (χ1n) is 5.62. The van der Waals surface area contributed by atoms with Crippen LogP contribution in [0, 0.1) is 29.1 Å². The number of carbonyl (C=O) groups is 1. The maximum absolute atomic E-state index is 13.5. The van der Waals surface area contributed by atoms with E-state index in [1.165, 1.54) is 24.3 Å². The molecule has 0 fully saturated rings. The first-order valence-corrected chi connectivity index (χ1v) is 5.99. The largest absolute Gasteiger partial charge is 0.294 e. The number of hydrogen-bond donors (Lipinski definition) is 0. The van der Waals surface area contributed by atoms with E-state index in [1.807, 2.05) is 0 Å². The number of benzene rings is 2. The first-order chi connectivity index (χ1) is 9.82. The molecular weight excluding hydrogens is 315 g/mol. The van der Waals surface area contributed by atoms with Crippen molar-refractivity contribution in [2.45, 2.75) is 6.42 Å². The van der Waals surface area contributed by atoms with Gasteiger partial charge in [-0.1, -0.05) is 23.7 Å². The second-order valence-corrected chi connectivity index (χ2v) is 4.61. The third kappa shape index (κ3) is 2.90. The van der Waals surface area contributed by atoms with Crippen LogP contribution in [0.2, 0.25) is 5.02 Å². The molecule has 0 unspecified atom stereocenters. The minimum Gasteiger partial charge on any atom is -0.294 e. The Kier molecular flexibility index (Phi) is 4.27. The van der Waals surface area contributed by atoms with E-state index in [0.29, 0.717) is 10.6 Å². The molecule has 1 nitrogen and oxygen atoms in total. The second kappa shape index (κ2) is 5.81. The number of carbonyl (C=O) groups excluding carboxylic acids is 1. The lowest BCUT2D eigenvalue weighted by atomic mass is 10.0. The fourth-order valence-corrected chi connectivity index (χ4v) is 1.85. The summed E-state index contributed by atoms with van der Waals surface area (Å²) < 4.78 is 65.8. The number of halogens is 6. The zero-order valence-electron chi connectivity index (χ0n) is 10.2. The fraction of sp³-hybridized carbons (Fsp3) is 0.0714. The third-order valence-corrected chi connectivity index (χ3v) is 3.02. The van der Waals surface area contributed by atoms with Gasteiger partial charge in [-0.2, -0.15) is 0 Å². The molecule has 0 aliphatic heterocycles. The van der Waals surface area contributed by atoms with Crippen LogP contribution in [0.5, 0.6) is 0 Å². The molecule has 0 aromatic heterocycles. The summed E-state index contributed by atoms with van der Waals surface area (Å²) in [6.45, 7) is 0. The van der Waals surface area contributed by atoms with Gasteiger partial charge in [0.05, 0.1) is 5.56 Å². The molecule has 0 spiro atoms. The monoisotopic (exact) mass is 320 g/mol. The quantitative estimate of drug-likeness (QED) is 0.353. The van der Waals surface area contributed by atoms with Crippen molar-refractivity contribution in [3.63, 3.8) is 0 Å². The zero-order chi connectivity index (χ0) is 15.7. The Morgan fingerprint density at radius 3 is 1.71 bits per heavy atom. The summed E-state index contributed by atoms with van der Waals surface area (Å²) in [4.78, 5) is 11.8. The molecule has 0 amide bonds. The highest BCUT2D eigenvalue weighted by molar-refractivity contribution is 6.30. The fourth-order valence-electron chi connectivity index (χ4n) is 1.73. The molecule has 0 radical (unpaired) electrons. The molecule has 0 N–H and O–H groups in total. The number of Topliss-reactive ketones (excluding diaryl/α,β-unsaturated/α-hetero) is 1. The molecule has 0 atom stereocenters. The van der Waals surface area contributed by atoms with Crippen LogP contribution in [0.3, 0.4) is 0 Å². The van der Waals surface area contributed by atoms with Gasteiger partial charge in [-0.15, -0.1) is 0 Å². The van der Waals surface area contributed by atoms with Crippen LogP contribution in [-0.4, -0.2) is 5.78 Å². The summed E-state index contributed by atoms with van der Waals surface area (Å²) in [7, 11) is 0. The number of hydrogen-bond acceptors (Lipinski definition) is 1. The molecule has 110 valence electrons. The van der Waals surface area contributed by atoms with Gasteiger partial charge in [0.15, 0.2) is 29.1 Å². The van der Waals surface area contributed by atoms with E-state index in [9.17, 15) is 26.7 Å². The van der Waals surface area contributed by atoms with Gasteiger partial charge in [-0.25, -0.2) is 22.0 Å². The Morgan fingerprint density at radius 2 is 1.24 bits per heavy atom. The van der Waals surface area contributed by atoms with Gasteiger partial charge in [0.25, 0.3) is 0 Å². The van der Waals surface area contributed by atoms with Gasteiger partial charge < -0.3 is 0 Å². The number of ketones is 1. The van der Waals surface area contributed by atoms with E-state index in [-0.39, 0.29) is 0 Å². The van der Waals surface area contributed by atoms with Crippen LogP contribution < -0.4 is 0 Å². The molecule has 2 aromatic rings. The van der Waals surface area contributed by atoms with Crippen molar-refractivity contribution < 1.29 is 26.7 Å². The lowest BCUT2D eigenvalue weighted by Crippen LogP contribution is -2.14. The molecule has 0 heterocycles. The van der Waals surface area contributed by atoms with Crippen LogP contribution in [-0.2, 0) is 6.42 Å². The number of rotatable bonds is 3. The molecule has 0 aliphatic rings. The Bertz CT molecular complexity index is 683. The van der Waals surface area contributed by atoms with E-state index in [0.717, 1.165) is 0 Å². The van der Waals surface area contributed by atoms with E-state index in [4.69, 9.17) is 11.6 Å². The molecular formula is C14H6ClF5O. The van der Waals surface area contributed by atoms with E-state index < -0.39 is 46.9 Å². The smallest absolute Gasteiger partial charge is 0.200 e. The standard InChI is InChI=1S/C14H6ClF5O/c15-7-3-1-6(2-4-7)5-8(21)9-10(16)12(18)14(20)13(19)11(9)17/h1-4H,5H2. The Hall–Kier alpha value is -1.95. The van der Waals surface area contributed by atoms with Crippen molar-refractivity contribution in [2.24, 2.45) is 0 Å². The lowest BCUT2D eigenvalue weighted by molar-refractivity contribution is 0.0981. The van der Waals surface area contributed by atoms with Gasteiger partial charge in [0.1, 0.15) is 0 Å². The average molecular weight is 321 g/mol. The van der Waals surface area contributed by atoms with E-state index >= 15 is 0 Å². The van der Waals surface area contributed by atoms with Gasteiger partial charge in [-0.3, -0.25) is 4.79 Å². The normalized spacial score (nSPS) is 10.8. The molecule has 0 aliphatic carbocycles. The third-order valence-electron chi connectivity index (χ3n) is 2.77. The molecule has 0 saturated heterocycles. The Morgan fingerprint density at radius 1 is 0.810 bits per heavy atom. The highest BCUT2D eigenvalue weighted by Gasteiger charge is 2.29. The predicted octanol–water partition coefficient (Wildman–Crippen LogP) is 4.46. The van der Waals surface area contributed by atoms with Crippen LogP contribution in [0.4, 0.5) is 22.0 Å². The summed E-state index contributed by atoms with van der Waals surface area (Å²) in [6.07, 6.45) is -0.518. The summed E-state index contributed by atoms with van der Waals surface area (Å²) in [5.41, 5.74) is -1.12. The van der Waals surface area contributed by atoms with Gasteiger partial charge >= 0.3 is 0 Å². The highest BCUT2D eigenvalue weighted by Crippen LogP contribution is 2.24. The van der Waals surface area contributed by atoms with Crippen LogP contribution in [0.1, 0.15) is 15.9 Å². The van der Waals surface area contributed by atoms with E-state index in [2.05, 4.69) is 0 Å². The van der Waals surface area contributed by atoms with Crippen molar-refractivity contribution in [1.29, 1.82) is 0 Å². The van der Waals surface area contributed by atoms with Crippen LogP contribution in [0.15, 0.2) is 24.3 Å². The minimum atomic E-state index is -2.30. The summed E-state index contributed by atoms with van der Waals surface area (Å²) in [6, 6.07) is 5.68. The zero-order valence-corrected chi connectivity index (χ0v) is 10.9. The summed E-state index contributed by atoms with van der Waals surface area (Å²) >= 11 is 5.63. The molecule has 0 bridgehead atoms. The minimum absolute atomic E-state index is 0.327. The van der Waals surface area contributed by atoms with Crippen LogP contribution in [0.25, 0.3) is 0 Å². The van der Waals surface area contributed by atoms with Gasteiger partial charge in [-0.05, 0) is 17.7 Å². The van der Waals surface area contributed by atoms with Crippen molar-refractivity contribution in [1.82, 2.24) is 0 Å². The first kappa shape index (κ1) is 15.4. The van der Waals surface area contributed by atoms with Crippen LogP contribution >= 0.6 is 11.6 Å². The lowest BCUT2D eigenvalue weighted by Gasteiger charge is -2.07. The van der Waals surface area contributed by atoms with Crippen molar-refractivity contribution in [2.75, 3.05) is 0 Å².